The Kier molecular flexibility index (Phi) is 4.80. The molecule has 1 unspecified atom stereocenters. The first kappa shape index (κ1) is 18.7. The van der Waals surface area contributed by atoms with Gasteiger partial charge in [0.25, 0.3) is 11.8 Å². The number of rotatable bonds is 4. The number of methoxy groups -OCH3 is 1. The van der Waals surface area contributed by atoms with E-state index in [0.29, 0.717) is 16.8 Å². The van der Waals surface area contributed by atoms with E-state index < -0.39 is 0 Å². The Morgan fingerprint density at radius 2 is 1.86 bits per heavy atom. The maximum Gasteiger partial charge on any atom is 0.262 e. The van der Waals surface area contributed by atoms with E-state index in [1.807, 2.05) is 30.0 Å². The Hall–Kier alpha value is -3.61. The van der Waals surface area contributed by atoms with Crippen molar-refractivity contribution in [2.75, 3.05) is 17.3 Å². The lowest BCUT2D eigenvalue weighted by Gasteiger charge is -2.23. The highest BCUT2D eigenvalue weighted by atomic mass is 16.5. The molecule has 0 saturated heterocycles. The Bertz CT molecular complexity index is 1070. The topological polar surface area (TPSA) is 76.5 Å². The molecular formula is C22H22N4O3. The van der Waals surface area contributed by atoms with Crippen LogP contribution in [0.4, 0.5) is 11.4 Å². The van der Waals surface area contributed by atoms with Gasteiger partial charge in [0.05, 0.1) is 7.11 Å². The zero-order chi connectivity index (χ0) is 20.5. The molecule has 3 aromatic rings. The third-order valence-corrected chi connectivity index (χ3v) is 5.05. The zero-order valence-electron chi connectivity index (χ0n) is 16.5. The second-order valence-corrected chi connectivity index (χ2v) is 7.11. The van der Waals surface area contributed by atoms with Crippen molar-refractivity contribution in [1.82, 2.24) is 9.78 Å². The number of nitrogens with zero attached hydrogens (tertiary/aromatic N) is 3. The molecule has 0 spiro atoms. The SMILES string of the molecule is COc1nn(C)cc1C(=O)Nc1ccc(C(=O)N2c3ccccc3CC2C)cc1. The van der Waals surface area contributed by atoms with Crippen LogP contribution in [-0.4, -0.2) is 34.7 Å². The molecule has 1 aliphatic heterocycles. The van der Waals surface area contributed by atoms with E-state index in [9.17, 15) is 9.59 Å². The highest BCUT2D eigenvalue weighted by Crippen LogP contribution is 2.33. The van der Waals surface area contributed by atoms with Crippen molar-refractivity contribution in [2.45, 2.75) is 19.4 Å². The van der Waals surface area contributed by atoms with Gasteiger partial charge in [-0.2, -0.15) is 0 Å². The minimum atomic E-state index is -0.323. The lowest BCUT2D eigenvalue weighted by molar-refractivity contribution is 0.0980. The molecule has 1 N–H and O–H groups in total. The van der Waals surface area contributed by atoms with Gasteiger partial charge in [-0.15, -0.1) is 5.10 Å². The second kappa shape index (κ2) is 7.43. The Morgan fingerprint density at radius 1 is 1.14 bits per heavy atom. The molecule has 7 nitrogen and oxygen atoms in total. The molecule has 0 aliphatic carbocycles. The highest BCUT2D eigenvalue weighted by molar-refractivity contribution is 6.09. The summed E-state index contributed by atoms with van der Waals surface area (Å²) in [6.45, 7) is 2.05. The van der Waals surface area contributed by atoms with Crippen LogP contribution in [0.25, 0.3) is 0 Å². The van der Waals surface area contributed by atoms with Crippen LogP contribution in [-0.2, 0) is 13.5 Å². The van der Waals surface area contributed by atoms with Gasteiger partial charge in [-0.25, -0.2) is 0 Å². The van der Waals surface area contributed by atoms with Crippen LogP contribution in [0.2, 0.25) is 0 Å². The quantitative estimate of drug-likeness (QED) is 0.742. The van der Waals surface area contributed by atoms with Crippen molar-refractivity contribution in [3.63, 3.8) is 0 Å². The predicted octanol–water partition coefficient (Wildman–Crippen LogP) is 3.27. The van der Waals surface area contributed by atoms with Crippen LogP contribution in [0.3, 0.4) is 0 Å². The van der Waals surface area contributed by atoms with Gasteiger partial charge < -0.3 is 15.0 Å². The van der Waals surface area contributed by atoms with Crippen molar-refractivity contribution in [2.24, 2.45) is 7.05 Å². The van der Waals surface area contributed by atoms with E-state index in [1.54, 1.807) is 37.5 Å². The van der Waals surface area contributed by atoms with Gasteiger partial charge in [0.2, 0.25) is 5.88 Å². The molecule has 148 valence electrons. The summed E-state index contributed by atoms with van der Waals surface area (Å²) < 4.78 is 6.65. The minimum Gasteiger partial charge on any atom is -0.479 e. The summed E-state index contributed by atoms with van der Waals surface area (Å²) in [6.07, 6.45) is 2.45. The number of carbonyl (C=O) groups excluding carboxylic acids is 2. The number of aromatic nitrogens is 2. The molecule has 0 saturated carbocycles. The standard InChI is InChI=1S/C22H22N4O3/c1-14-12-16-6-4-5-7-19(16)26(14)22(28)15-8-10-17(11-9-15)23-20(27)18-13-25(2)24-21(18)29-3/h4-11,13-14H,12H2,1-3H3,(H,23,27). The first-order valence-electron chi connectivity index (χ1n) is 9.38. The van der Waals surface area contributed by atoms with E-state index in [-0.39, 0.29) is 23.7 Å². The molecule has 2 heterocycles. The predicted molar refractivity (Wildman–Crippen MR) is 111 cm³/mol. The normalized spacial score (nSPS) is 15.1. The lowest BCUT2D eigenvalue weighted by atomic mass is 10.1. The van der Waals surface area contributed by atoms with Crippen molar-refractivity contribution >= 4 is 23.2 Å². The van der Waals surface area contributed by atoms with Crippen molar-refractivity contribution in [3.8, 4) is 5.88 Å². The van der Waals surface area contributed by atoms with Gasteiger partial charge in [0, 0.05) is 36.2 Å². The van der Waals surface area contributed by atoms with E-state index >= 15 is 0 Å². The van der Waals surface area contributed by atoms with Crippen molar-refractivity contribution in [3.05, 3.63) is 71.4 Å². The molecule has 2 aromatic carbocycles. The first-order valence-corrected chi connectivity index (χ1v) is 9.38. The third kappa shape index (κ3) is 3.47. The van der Waals surface area contributed by atoms with E-state index in [0.717, 1.165) is 12.1 Å². The number of amides is 2. The number of fused-ring (bicyclic) bond motifs is 1. The fourth-order valence-electron chi connectivity index (χ4n) is 3.68. The van der Waals surface area contributed by atoms with Crippen molar-refractivity contribution in [1.29, 1.82) is 0 Å². The van der Waals surface area contributed by atoms with Crippen LogP contribution in [0, 0.1) is 0 Å². The van der Waals surface area contributed by atoms with Crippen LogP contribution in [0.15, 0.2) is 54.7 Å². The van der Waals surface area contributed by atoms with Crippen LogP contribution in [0.5, 0.6) is 5.88 Å². The first-order chi connectivity index (χ1) is 14.0. The average molecular weight is 390 g/mol. The summed E-state index contributed by atoms with van der Waals surface area (Å²) in [4.78, 5) is 27.4. The maximum absolute atomic E-state index is 13.1. The van der Waals surface area contributed by atoms with Gasteiger partial charge in [0.1, 0.15) is 5.56 Å². The second-order valence-electron chi connectivity index (χ2n) is 7.11. The number of benzene rings is 2. The number of para-hydroxylation sites is 1. The number of ether oxygens (including phenoxy) is 1. The number of aryl methyl sites for hydroxylation is 1. The molecule has 0 fully saturated rings. The molecular weight excluding hydrogens is 368 g/mol. The summed E-state index contributed by atoms with van der Waals surface area (Å²) in [5.74, 6) is -0.108. The van der Waals surface area contributed by atoms with Gasteiger partial charge >= 0.3 is 0 Å². The summed E-state index contributed by atoms with van der Waals surface area (Å²) >= 11 is 0. The van der Waals surface area contributed by atoms with E-state index in [4.69, 9.17) is 4.74 Å². The fraction of sp³-hybridized carbons (Fsp3) is 0.227. The maximum atomic E-state index is 13.1. The molecule has 1 atom stereocenters. The Balaban J connectivity index is 1.51. The molecule has 29 heavy (non-hydrogen) atoms. The van der Waals surface area contributed by atoms with Crippen LogP contribution >= 0.6 is 0 Å². The highest BCUT2D eigenvalue weighted by Gasteiger charge is 2.31. The fourth-order valence-corrected chi connectivity index (χ4v) is 3.68. The van der Waals surface area contributed by atoms with E-state index in [1.165, 1.54) is 17.4 Å². The average Bonchev–Trinajstić information content (AvgIpc) is 3.26. The summed E-state index contributed by atoms with van der Waals surface area (Å²) in [6, 6.07) is 15.0. The molecule has 2 amide bonds. The largest absolute Gasteiger partial charge is 0.479 e. The smallest absolute Gasteiger partial charge is 0.262 e. The summed E-state index contributed by atoms with van der Waals surface area (Å²) in [5.41, 5.74) is 3.66. The number of hydrogen-bond acceptors (Lipinski definition) is 4. The molecule has 7 heteroatoms. The summed E-state index contributed by atoms with van der Waals surface area (Å²) in [7, 11) is 3.19. The number of nitrogens with one attached hydrogen (secondary N) is 1. The molecule has 1 aliphatic rings. The Labute approximate surface area is 168 Å². The van der Waals surface area contributed by atoms with Crippen molar-refractivity contribution < 1.29 is 14.3 Å². The molecule has 1 aromatic heterocycles. The lowest BCUT2D eigenvalue weighted by Crippen LogP contribution is -2.35. The summed E-state index contributed by atoms with van der Waals surface area (Å²) in [5, 5.41) is 6.89. The molecule has 4 rings (SSSR count). The van der Waals surface area contributed by atoms with E-state index in [2.05, 4.69) is 16.5 Å². The van der Waals surface area contributed by atoms with Gasteiger partial charge in [-0.05, 0) is 49.2 Å². The van der Waals surface area contributed by atoms with Crippen LogP contribution < -0.4 is 15.0 Å². The van der Waals surface area contributed by atoms with Gasteiger partial charge in [0.15, 0.2) is 0 Å². The zero-order valence-corrected chi connectivity index (χ0v) is 16.5. The third-order valence-electron chi connectivity index (χ3n) is 5.05. The minimum absolute atomic E-state index is 0.0470. The van der Waals surface area contributed by atoms with Gasteiger partial charge in [-0.1, -0.05) is 18.2 Å². The van der Waals surface area contributed by atoms with Gasteiger partial charge in [-0.3, -0.25) is 14.3 Å². The monoisotopic (exact) mass is 390 g/mol. The number of hydrogen-bond donors (Lipinski definition) is 1. The number of carbonyl (C=O) groups is 2. The number of anilines is 2. The molecule has 0 bridgehead atoms. The Morgan fingerprint density at radius 3 is 2.59 bits per heavy atom. The molecule has 0 radical (unpaired) electrons. The van der Waals surface area contributed by atoms with Crippen LogP contribution in [0.1, 0.15) is 33.2 Å².